The van der Waals surface area contributed by atoms with Crippen molar-refractivity contribution in [2.24, 2.45) is 0 Å². The Balaban J connectivity index is 1.57. The third kappa shape index (κ3) is 4.05. The van der Waals surface area contributed by atoms with Gasteiger partial charge in [-0.05, 0) is 41.5 Å². The maximum Gasteiger partial charge on any atom is 0.135 e. The van der Waals surface area contributed by atoms with E-state index in [1.807, 2.05) is 84.9 Å². The number of nitrogens with zero attached hydrogens (tertiary/aromatic N) is 2. The molecule has 27 heavy (non-hydrogen) atoms. The maximum absolute atomic E-state index is 9.60. The first kappa shape index (κ1) is 17.0. The number of allylic oxidation sites excluding steroid dienone is 1. The molecular weight excluding hydrogens is 352 g/mol. The lowest BCUT2D eigenvalue weighted by molar-refractivity contribution is 0.306. The van der Waals surface area contributed by atoms with Crippen LogP contribution in [0.5, 0.6) is 5.75 Å². The van der Waals surface area contributed by atoms with Gasteiger partial charge in [0, 0.05) is 0 Å². The Morgan fingerprint density at radius 3 is 2.63 bits per heavy atom. The monoisotopic (exact) mass is 368 g/mol. The smallest absolute Gasteiger partial charge is 0.135 e. The Morgan fingerprint density at radius 2 is 1.81 bits per heavy atom. The summed E-state index contributed by atoms with van der Waals surface area (Å²) in [4.78, 5) is 4.57. The van der Waals surface area contributed by atoms with Crippen LogP contribution in [0.15, 0.2) is 78.9 Å². The van der Waals surface area contributed by atoms with Gasteiger partial charge in [0.2, 0.25) is 0 Å². The fourth-order valence-corrected chi connectivity index (χ4v) is 3.66. The van der Waals surface area contributed by atoms with Gasteiger partial charge in [0.15, 0.2) is 0 Å². The molecule has 0 bridgehead atoms. The second-order valence-electron chi connectivity index (χ2n) is 6.00. The van der Waals surface area contributed by atoms with Crippen molar-refractivity contribution >= 4 is 33.2 Å². The number of hydrogen-bond donors (Lipinski definition) is 0. The molecule has 4 rings (SSSR count). The predicted molar refractivity (Wildman–Crippen MR) is 110 cm³/mol. The lowest BCUT2D eigenvalue weighted by atomic mass is 10.1. The van der Waals surface area contributed by atoms with Gasteiger partial charge in [0.05, 0.1) is 15.8 Å². The maximum atomic E-state index is 9.60. The van der Waals surface area contributed by atoms with Crippen molar-refractivity contribution in [2.45, 2.75) is 6.61 Å². The standard InChI is InChI=1S/C23H16N2OS/c24-15-19(23-25-21-11-4-5-12-22(21)27-23)13-18-9-6-10-20(14-18)26-16-17-7-2-1-3-8-17/h1-14H,16H2/b19-13+. The minimum atomic E-state index is 0.511. The SMILES string of the molecule is N#C/C(=C\c1cccc(OCc2ccccc2)c1)c1nc2ccccc2s1. The molecule has 3 aromatic carbocycles. The number of ether oxygens (including phenoxy) is 1. The molecule has 0 aliphatic heterocycles. The van der Waals surface area contributed by atoms with E-state index < -0.39 is 0 Å². The average Bonchev–Trinajstić information content (AvgIpc) is 3.15. The minimum absolute atomic E-state index is 0.511. The van der Waals surface area contributed by atoms with Gasteiger partial charge in [-0.15, -0.1) is 11.3 Å². The van der Waals surface area contributed by atoms with Crippen LogP contribution in [0.25, 0.3) is 21.9 Å². The van der Waals surface area contributed by atoms with Crippen LogP contribution in [0.3, 0.4) is 0 Å². The molecule has 0 N–H and O–H groups in total. The van der Waals surface area contributed by atoms with Crippen LogP contribution < -0.4 is 4.74 Å². The summed E-state index contributed by atoms with van der Waals surface area (Å²) >= 11 is 1.53. The summed E-state index contributed by atoms with van der Waals surface area (Å²) in [5.41, 5.74) is 3.50. The highest BCUT2D eigenvalue weighted by Crippen LogP contribution is 2.28. The highest BCUT2D eigenvalue weighted by Gasteiger charge is 2.08. The molecule has 1 heterocycles. The Kier molecular flexibility index (Phi) is 4.95. The lowest BCUT2D eigenvalue weighted by Gasteiger charge is -2.07. The molecule has 0 aliphatic carbocycles. The summed E-state index contributed by atoms with van der Waals surface area (Å²) in [6, 6.07) is 28.0. The second kappa shape index (κ2) is 7.86. The molecule has 0 aliphatic rings. The van der Waals surface area contributed by atoms with Gasteiger partial charge >= 0.3 is 0 Å². The summed E-state index contributed by atoms with van der Waals surface area (Å²) in [5.74, 6) is 0.772. The van der Waals surface area contributed by atoms with Crippen molar-refractivity contribution < 1.29 is 4.74 Å². The average molecular weight is 368 g/mol. The summed E-state index contributed by atoms with van der Waals surface area (Å²) in [6.45, 7) is 0.511. The molecule has 0 spiro atoms. The van der Waals surface area contributed by atoms with Crippen molar-refractivity contribution in [3.63, 3.8) is 0 Å². The van der Waals surface area contributed by atoms with E-state index in [-0.39, 0.29) is 0 Å². The van der Waals surface area contributed by atoms with Crippen molar-refractivity contribution in [3.05, 3.63) is 95.0 Å². The molecule has 3 nitrogen and oxygen atoms in total. The van der Waals surface area contributed by atoms with Crippen molar-refractivity contribution in [1.29, 1.82) is 5.26 Å². The fraction of sp³-hybridized carbons (Fsp3) is 0.0435. The van der Waals surface area contributed by atoms with E-state index in [4.69, 9.17) is 4.74 Å². The highest BCUT2D eigenvalue weighted by molar-refractivity contribution is 7.19. The number of nitriles is 1. The third-order valence-electron chi connectivity index (χ3n) is 4.06. The van der Waals surface area contributed by atoms with Crippen molar-refractivity contribution in [3.8, 4) is 11.8 Å². The Hall–Kier alpha value is -3.42. The molecule has 0 radical (unpaired) electrons. The zero-order chi connectivity index (χ0) is 18.5. The number of para-hydroxylation sites is 1. The van der Waals surface area contributed by atoms with Crippen LogP contribution in [0.1, 0.15) is 16.1 Å². The predicted octanol–water partition coefficient (Wildman–Crippen LogP) is 5.94. The Labute approximate surface area is 161 Å². The fourth-order valence-electron chi connectivity index (χ4n) is 2.73. The van der Waals surface area contributed by atoms with Crippen LogP contribution >= 0.6 is 11.3 Å². The van der Waals surface area contributed by atoms with E-state index in [2.05, 4.69) is 11.1 Å². The first-order chi connectivity index (χ1) is 13.3. The Morgan fingerprint density at radius 1 is 1.00 bits per heavy atom. The number of hydrogen-bond acceptors (Lipinski definition) is 4. The number of benzene rings is 3. The van der Waals surface area contributed by atoms with Crippen LogP contribution in [0.2, 0.25) is 0 Å². The molecule has 0 fully saturated rings. The van der Waals surface area contributed by atoms with Gasteiger partial charge in [0.25, 0.3) is 0 Å². The molecule has 0 unspecified atom stereocenters. The molecule has 0 saturated carbocycles. The van der Waals surface area contributed by atoms with Gasteiger partial charge in [0.1, 0.15) is 23.4 Å². The van der Waals surface area contributed by atoms with Gasteiger partial charge in [-0.1, -0.05) is 54.6 Å². The zero-order valence-corrected chi connectivity index (χ0v) is 15.3. The third-order valence-corrected chi connectivity index (χ3v) is 5.13. The van der Waals surface area contributed by atoms with Crippen LogP contribution in [0, 0.1) is 11.3 Å². The molecule has 1 aromatic heterocycles. The largest absolute Gasteiger partial charge is 0.489 e. The van der Waals surface area contributed by atoms with E-state index in [0.717, 1.165) is 32.1 Å². The molecule has 4 heteroatoms. The van der Waals surface area contributed by atoms with E-state index in [1.165, 1.54) is 11.3 Å². The summed E-state index contributed by atoms with van der Waals surface area (Å²) < 4.78 is 6.95. The van der Waals surface area contributed by atoms with Crippen LogP contribution in [-0.4, -0.2) is 4.98 Å². The van der Waals surface area contributed by atoms with Gasteiger partial charge < -0.3 is 4.74 Å². The van der Waals surface area contributed by atoms with Crippen LogP contribution in [-0.2, 0) is 6.61 Å². The first-order valence-electron chi connectivity index (χ1n) is 8.56. The van der Waals surface area contributed by atoms with Crippen molar-refractivity contribution in [1.82, 2.24) is 4.98 Å². The van der Waals surface area contributed by atoms with Gasteiger partial charge in [-0.3, -0.25) is 0 Å². The number of thiazole rings is 1. The zero-order valence-electron chi connectivity index (χ0n) is 14.5. The van der Waals surface area contributed by atoms with Crippen LogP contribution in [0.4, 0.5) is 0 Å². The minimum Gasteiger partial charge on any atom is -0.489 e. The van der Waals surface area contributed by atoms with E-state index in [9.17, 15) is 5.26 Å². The van der Waals surface area contributed by atoms with Gasteiger partial charge in [-0.25, -0.2) is 4.98 Å². The molecular formula is C23H16N2OS. The number of fused-ring (bicyclic) bond motifs is 1. The molecule has 4 aromatic rings. The van der Waals surface area contributed by atoms with E-state index in [1.54, 1.807) is 0 Å². The van der Waals surface area contributed by atoms with E-state index >= 15 is 0 Å². The summed E-state index contributed by atoms with van der Waals surface area (Å²) in [7, 11) is 0. The second-order valence-corrected chi connectivity index (χ2v) is 7.03. The number of aromatic nitrogens is 1. The molecule has 0 amide bonds. The molecule has 0 saturated heterocycles. The quantitative estimate of drug-likeness (QED) is 0.410. The summed E-state index contributed by atoms with van der Waals surface area (Å²) in [5, 5.41) is 10.3. The topological polar surface area (TPSA) is 45.9 Å². The summed E-state index contributed by atoms with van der Waals surface area (Å²) in [6.07, 6.45) is 1.85. The lowest BCUT2D eigenvalue weighted by Crippen LogP contribution is -1.95. The highest BCUT2D eigenvalue weighted by atomic mass is 32.1. The van der Waals surface area contributed by atoms with Gasteiger partial charge in [-0.2, -0.15) is 5.26 Å². The normalized spacial score (nSPS) is 11.3. The Bertz CT molecular complexity index is 1110. The van der Waals surface area contributed by atoms with Crippen molar-refractivity contribution in [2.75, 3.05) is 0 Å². The first-order valence-corrected chi connectivity index (χ1v) is 9.38. The molecule has 130 valence electrons. The number of rotatable bonds is 5. The molecule has 0 atom stereocenters. The van der Waals surface area contributed by atoms with E-state index in [0.29, 0.717) is 12.2 Å².